The lowest BCUT2D eigenvalue weighted by atomic mass is 10.2. The number of halogens is 2. The number of nitrogens with zero attached hydrogens (tertiary/aromatic N) is 3. The van der Waals surface area contributed by atoms with Crippen molar-refractivity contribution < 1.29 is 14.6 Å². The number of hydrogen-bond donors (Lipinski definition) is 1. The van der Waals surface area contributed by atoms with Gasteiger partial charge in [0.05, 0.1) is 27.2 Å². The van der Waals surface area contributed by atoms with E-state index in [-0.39, 0.29) is 11.4 Å². The molecule has 0 amide bonds. The number of rotatable bonds is 8. The maximum atomic E-state index is 11.1. The molecule has 0 atom stereocenters. The van der Waals surface area contributed by atoms with Gasteiger partial charge in [0.1, 0.15) is 18.0 Å². The summed E-state index contributed by atoms with van der Waals surface area (Å²) in [6.07, 6.45) is 1.40. The first kappa shape index (κ1) is 22.0. The second-order valence-corrected chi connectivity index (χ2v) is 7.03. The lowest BCUT2D eigenvalue weighted by Gasteiger charge is -2.09. The number of hydrazone groups is 1. The molecule has 0 aliphatic carbocycles. The van der Waals surface area contributed by atoms with E-state index < -0.39 is 15.5 Å². The van der Waals surface area contributed by atoms with E-state index in [1.807, 2.05) is 12.1 Å². The van der Waals surface area contributed by atoms with E-state index in [0.717, 1.165) is 17.7 Å². The van der Waals surface area contributed by atoms with Gasteiger partial charge in [0.25, 0.3) is 5.69 Å². The quantitative estimate of drug-likeness (QED) is 0.256. The second-order valence-electron chi connectivity index (χ2n) is 6.19. The molecule has 0 spiro atoms. The monoisotopic (exact) mass is 460 g/mol. The molecule has 3 aromatic carbocycles. The molecule has 0 radical (unpaired) electrons. The molecule has 158 valence electrons. The zero-order chi connectivity index (χ0) is 22.4. The van der Waals surface area contributed by atoms with Crippen molar-refractivity contribution in [2.75, 3.05) is 5.43 Å². The molecule has 11 heteroatoms. The summed E-state index contributed by atoms with van der Waals surface area (Å²) in [5.41, 5.74) is 3.22. The van der Waals surface area contributed by atoms with Gasteiger partial charge < -0.3 is 4.74 Å². The van der Waals surface area contributed by atoms with Crippen molar-refractivity contribution in [2.45, 2.75) is 6.61 Å². The van der Waals surface area contributed by atoms with Gasteiger partial charge in [-0.25, -0.2) is 0 Å². The van der Waals surface area contributed by atoms with Gasteiger partial charge >= 0.3 is 5.69 Å². The lowest BCUT2D eigenvalue weighted by molar-refractivity contribution is -0.393. The molecule has 3 aromatic rings. The van der Waals surface area contributed by atoms with Crippen LogP contribution in [0.3, 0.4) is 0 Å². The zero-order valence-electron chi connectivity index (χ0n) is 15.7. The van der Waals surface area contributed by atoms with E-state index >= 15 is 0 Å². The molecular weight excluding hydrogens is 447 g/mol. The SMILES string of the molecule is O=[N+]([O-])c1ccc(N/N=C\c2ccc(OCc3ccc(Cl)cc3)c(Cl)c2)c([N+](=O)[O-])c1. The molecule has 0 bridgehead atoms. The van der Waals surface area contributed by atoms with Crippen LogP contribution in [0.25, 0.3) is 0 Å². The normalized spacial score (nSPS) is 10.8. The van der Waals surface area contributed by atoms with Gasteiger partial charge in [0.15, 0.2) is 0 Å². The van der Waals surface area contributed by atoms with Crippen LogP contribution in [0.1, 0.15) is 11.1 Å². The minimum Gasteiger partial charge on any atom is -0.487 e. The van der Waals surface area contributed by atoms with E-state index in [2.05, 4.69) is 10.5 Å². The van der Waals surface area contributed by atoms with Gasteiger partial charge in [-0.05, 0) is 47.5 Å². The number of nitro groups is 2. The molecule has 3 rings (SSSR count). The molecule has 0 fully saturated rings. The minimum atomic E-state index is -0.728. The van der Waals surface area contributed by atoms with Crippen molar-refractivity contribution in [1.29, 1.82) is 0 Å². The maximum absolute atomic E-state index is 11.1. The molecular formula is C20H14Cl2N4O5. The van der Waals surface area contributed by atoms with Crippen LogP contribution in [0.5, 0.6) is 5.75 Å². The fourth-order valence-corrected chi connectivity index (χ4v) is 2.88. The lowest BCUT2D eigenvalue weighted by Crippen LogP contribution is -1.99. The molecule has 0 unspecified atom stereocenters. The predicted molar refractivity (Wildman–Crippen MR) is 118 cm³/mol. The van der Waals surface area contributed by atoms with E-state index in [0.29, 0.717) is 28.0 Å². The second kappa shape index (κ2) is 9.88. The van der Waals surface area contributed by atoms with Crippen LogP contribution in [0.15, 0.2) is 65.8 Å². The topological polar surface area (TPSA) is 120 Å². The Balaban J connectivity index is 1.66. The maximum Gasteiger partial charge on any atom is 0.301 e. The summed E-state index contributed by atoms with van der Waals surface area (Å²) >= 11 is 12.1. The number of nitro benzene ring substituents is 2. The van der Waals surface area contributed by atoms with Gasteiger partial charge in [0, 0.05) is 11.1 Å². The van der Waals surface area contributed by atoms with Crippen molar-refractivity contribution >= 4 is 46.5 Å². The van der Waals surface area contributed by atoms with Crippen LogP contribution in [-0.4, -0.2) is 16.1 Å². The fraction of sp³-hybridized carbons (Fsp3) is 0.0500. The Morgan fingerprint density at radius 2 is 1.71 bits per heavy atom. The highest BCUT2D eigenvalue weighted by Crippen LogP contribution is 2.29. The summed E-state index contributed by atoms with van der Waals surface area (Å²) in [5, 5.41) is 26.9. The number of anilines is 1. The first-order valence-corrected chi connectivity index (χ1v) is 9.48. The summed E-state index contributed by atoms with van der Waals surface area (Å²) in [6, 6.07) is 15.5. The van der Waals surface area contributed by atoms with Crippen molar-refractivity contribution in [3.63, 3.8) is 0 Å². The highest BCUT2D eigenvalue weighted by atomic mass is 35.5. The molecule has 0 aromatic heterocycles. The molecule has 0 saturated heterocycles. The van der Waals surface area contributed by atoms with Gasteiger partial charge in [-0.15, -0.1) is 0 Å². The van der Waals surface area contributed by atoms with E-state index in [4.69, 9.17) is 27.9 Å². The molecule has 0 aliphatic heterocycles. The van der Waals surface area contributed by atoms with Crippen LogP contribution in [0, 0.1) is 20.2 Å². The van der Waals surface area contributed by atoms with Crippen LogP contribution in [0.4, 0.5) is 17.1 Å². The molecule has 9 nitrogen and oxygen atoms in total. The van der Waals surface area contributed by atoms with E-state index in [9.17, 15) is 20.2 Å². The Kier molecular flexibility index (Phi) is 7.01. The highest BCUT2D eigenvalue weighted by molar-refractivity contribution is 6.32. The van der Waals surface area contributed by atoms with Crippen molar-refractivity contribution in [3.05, 3.63) is 102 Å². The smallest absolute Gasteiger partial charge is 0.301 e. The molecule has 0 heterocycles. The third-order valence-electron chi connectivity index (χ3n) is 4.05. The summed E-state index contributed by atoms with van der Waals surface area (Å²) in [4.78, 5) is 20.5. The number of benzene rings is 3. The standard InChI is InChI=1S/C20H14Cl2N4O5/c21-15-4-1-13(2-5-15)12-31-20-8-3-14(9-17(20)22)11-23-24-18-7-6-16(25(27)28)10-19(18)26(29)30/h1-11,24H,12H2/b23-11-. The summed E-state index contributed by atoms with van der Waals surface area (Å²) in [6.45, 7) is 0.315. The Hall–Kier alpha value is -3.69. The van der Waals surface area contributed by atoms with Crippen LogP contribution < -0.4 is 10.2 Å². The largest absolute Gasteiger partial charge is 0.487 e. The summed E-state index contributed by atoms with van der Waals surface area (Å²) in [5.74, 6) is 0.479. The van der Waals surface area contributed by atoms with Crippen molar-refractivity contribution in [2.24, 2.45) is 5.10 Å². The molecule has 31 heavy (non-hydrogen) atoms. The van der Waals surface area contributed by atoms with Gasteiger partial charge in [-0.2, -0.15) is 5.10 Å². The Morgan fingerprint density at radius 3 is 2.35 bits per heavy atom. The average Bonchev–Trinajstić information content (AvgIpc) is 2.74. The van der Waals surface area contributed by atoms with Crippen molar-refractivity contribution in [3.8, 4) is 5.75 Å². The average molecular weight is 461 g/mol. The minimum absolute atomic E-state index is 0.0147. The number of nitrogens with one attached hydrogen (secondary N) is 1. The zero-order valence-corrected chi connectivity index (χ0v) is 17.2. The summed E-state index contributed by atoms with van der Waals surface area (Å²) < 4.78 is 5.70. The number of ether oxygens (including phenoxy) is 1. The molecule has 0 saturated carbocycles. The Morgan fingerprint density at radius 1 is 0.968 bits per heavy atom. The van der Waals surface area contributed by atoms with Gasteiger partial charge in [-0.1, -0.05) is 35.3 Å². The molecule has 0 aliphatic rings. The van der Waals surface area contributed by atoms with Crippen molar-refractivity contribution in [1.82, 2.24) is 0 Å². The number of hydrogen-bond acceptors (Lipinski definition) is 7. The van der Waals surface area contributed by atoms with Gasteiger partial charge in [0.2, 0.25) is 0 Å². The third-order valence-corrected chi connectivity index (χ3v) is 4.60. The number of non-ortho nitro benzene ring substituents is 1. The van der Waals surface area contributed by atoms with E-state index in [1.165, 1.54) is 12.3 Å². The Labute approximate surface area is 186 Å². The van der Waals surface area contributed by atoms with Crippen LogP contribution >= 0.6 is 23.2 Å². The third kappa shape index (κ3) is 5.91. The summed E-state index contributed by atoms with van der Waals surface area (Å²) in [7, 11) is 0. The van der Waals surface area contributed by atoms with Gasteiger partial charge in [-0.3, -0.25) is 25.7 Å². The highest BCUT2D eigenvalue weighted by Gasteiger charge is 2.19. The van der Waals surface area contributed by atoms with Crippen LogP contribution in [0.2, 0.25) is 10.0 Å². The first-order chi connectivity index (χ1) is 14.8. The first-order valence-electron chi connectivity index (χ1n) is 8.72. The predicted octanol–water partition coefficient (Wildman–Crippen LogP) is 5.83. The molecule has 1 N–H and O–H groups in total. The van der Waals surface area contributed by atoms with E-state index in [1.54, 1.807) is 30.3 Å². The Bertz CT molecular complexity index is 1150. The van der Waals surface area contributed by atoms with Crippen LogP contribution in [-0.2, 0) is 6.61 Å². The fourth-order valence-electron chi connectivity index (χ4n) is 2.51.